The second-order valence-corrected chi connectivity index (χ2v) is 3.77. The molecule has 0 atom stereocenters. The summed E-state index contributed by atoms with van der Waals surface area (Å²) in [4.78, 5) is 13.9. The summed E-state index contributed by atoms with van der Waals surface area (Å²) < 4.78 is 10.9. The van der Waals surface area contributed by atoms with Gasteiger partial charge in [-0.25, -0.2) is 4.79 Å². The van der Waals surface area contributed by atoms with Crippen LogP contribution in [0.4, 0.5) is 4.79 Å². The van der Waals surface area contributed by atoms with E-state index >= 15 is 0 Å². The first-order valence-corrected chi connectivity index (χ1v) is 4.41. The molecule has 1 saturated heterocycles. The third-order valence-electron chi connectivity index (χ3n) is 1.33. The molecule has 0 spiro atoms. The van der Waals surface area contributed by atoms with Gasteiger partial charge in [0.25, 0.3) is 0 Å². The minimum absolute atomic E-state index is 0.0559. The summed E-state index contributed by atoms with van der Waals surface area (Å²) in [6, 6.07) is -0.0559. The molecule has 0 saturated carbocycles. The van der Waals surface area contributed by atoms with Crippen LogP contribution in [0.1, 0.15) is 0 Å². The van der Waals surface area contributed by atoms with Gasteiger partial charge in [0.1, 0.15) is 0 Å². The molecule has 58 valence electrons. The number of hydrogen-bond donors (Lipinski definition) is 0. The molecule has 10 heavy (non-hydrogen) atoms. The highest BCUT2D eigenvalue weighted by atomic mass is 32.2. The number of carbonyl (C=O) groups excluding carboxylic acids is 1. The zero-order valence-corrected chi connectivity index (χ0v) is 6.85. The molecule has 1 aliphatic rings. The molecule has 0 radical (unpaired) electrons. The van der Waals surface area contributed by atoms with Crippen LogP contribution in [0.15, 0.2) is 0 Å². The molecule has 1 fully saturated rings. The Labute approximate surface area is 62.2 Å². The van der Waals surface area contributed by atoms with Gasteiger partial charge in [-0.3, -0.25) is 4.21 Å². The largest absolute Gasteiger partial charge is 0.321 e. The van der Waals surface area contributed by atoms with Crippen LogP contribution in [-0.2, 0) is 10.8 Å². The SMILES string of the molecule is CN1CS(=O)CN(C)C1=O. The Morgan fingerprint density at radius 3 is 2.10 bits per heavy atom. The average molecular weight is 162 g/mol. The lowest BCUT2D eigenvalue weighted by molar-refractivity contribution is 0.182. The standard InChI is InChI=1S/C5H10N2O2S/c1-6-3-10(9)4-7(2)5(6)8/h3-4H2,1-2H3. The monoisotopic (exact) mass is 162 g/mol. The van der Waals surface area contributed by atoms with Crippen LogP contribution in [0.3, 0.4) is 0 Å². The molecular weight excluding hydrogens is 152 g/mol. The highest BCUT2D eigenvalue weighted by Crippen LogP contribution is 2.03. The van der Waals surface area contributed by atoms with Gasteiger partial charge in [-0.2, -0.15) is 0 Å². The third-order valence-corrected chi connectivity index (χ3v) is 2.68. The Hall–Kier alpha value is -0.580. The van der Waals surface area contributed by atoms with E-state index in [0.29, 0.717) is 11.8 Å². The highest BCUT2D eigenvalue weighted by Gasteiger charge is 2.23. The number of carbonyl (C=O) groups is 1. The Morgan fingerprint density at radius 2 is 1.70 bits per heavy atom. The normalized spacial score (nSPS) is 22.0. The maximum absolute atomic E-state index is 11.0. The van der Waals surface area contributed by atoms with E-state index in [1.54, 1.807) is 14.1 Å². The Bertz CT molecular complexity index is 166. The fourth-order valence-corrected chi connectivity index (χ4v) is 2.04. The van der Waals surface area contributed by atoms with E-state index in [4.69, 9.17) is 0 Å². The van der Waals surface area contributed by atoms with Gasteiger partial charge in [0.05, 0.1) is 22.6 Å². The Morgan fingerprint density at radius 1 is 1.30 bits per heavy atom. The van der Waals surface area contributed by atoms with Crippen LogP contribution < -0.4 is 0 Å². The molecule has 0 aromatic rings. The molecule has 0 aromatic carbocycles. The number of urea groups is 1. The topological polar surface area (TPSA) is 40.6 Å². The molecule has 1 heterocycles. The van der Waals surface area contributed by atoms with E-state index in [1.807, 2.05) is 0 Å². The second-order valence-electron chi connectivity index (χ2n) is 2.38. The minimum Gasteiger partial charge on any atom is -0.316 e. The third kappa shape index (κ3) is 1.29. The van der Waals surface area contributed by atoms with Crippen molar-refractivity contribution >= 4 is 16.8 Å². The molecular formula is C5H10N2O2S. The summed E-state index contributed by atoms with van der Waals surface area (Å²) in [7, 11) is 2.41. The smallest absolute Gasteiger partial charge is 0.316 e. The zero-order valence-electron chi connectivity index (χ0n) is 6.03. The highest BCUT2D eigenvalue weighted by molar-refractivity contribution is 7.84. The molecule has 1 rings (SSSR count). The average Bonchev–Trinajstić information content (AvgIpc) is 1.82. The maximum Gasteiger partial charge on any atom is 0.321 e. The molecule has 0 bridgehead atoms. The van der Waals surface area contributed by atoms with E-state index in [2.05, 4.69) is 0 Å². The van der Waals surface area contributed by atoms with Crippen molar-refractivity contribution < 1.29 is 9.00 Å². The Kier molecular flexibility index (Phi) is 1.94. The summed E-state index contributed by atoms with van der Waals surface area (Å²) in [5.41, 5.74) is 0. The van der Waals surface area contributed by atoms with Gasteiger partial charge in [0.15, 0.2) is 0 Å². The van der Waals surface area contributed by atoms with E-state index < -0.39 is 10.8 Å². The fourth-order valence-electron chi connectivity index (χ4n) is 0.875. The minimum atomic E-state index is -0.890. The quantitative estimate of drug-likeness (QED) is 0.488. The molecule has 5 heteroatoms. The summed E-state index contributed by atoms with van der Waals surface area (Å²) >= 11 is 0. The number of amides is 2. The molecule has 0 N–H and O–H groups in total. The van der Waals surface area contributed by atoms with Crippen molar-refractivity contribution in [3.8, 4) is 0 Å². The van der Waals surface area contributed by atoms with E-state index in [-0.39, 0.29) is 6.03 Å². The van der Waals surface area contributed by atoms with Gasteiger partial charge in [-0.05, 0) is 0 Å². The van der Waals surface area contributed by atoms with Crippen LogP contribution in [0, 0.1) is 0 Å². The lowest BCUT2D eigenvalue weighted by Gasteiger charge is -2.29. The predicted molar refractivity (Wildman–Crippen MR) is 38.8 cm³/mol. The molecule has 2 amide bonds. The van der Waals surface area contributed by atoms with Gasteiger partial charge in [-0.15, -0.1) is 0 Å². The second kappa shape index (κ2) is 2.57. The number of rotatable bonds is 0. The van der Waals surface area contributed by atoms with Crippen molar-refractivity contribution in [1.29, 1.82) is 0 Å². The molecule has 0 aliphatic carbocycles. The first-order valence-electron chi connectivity index (χ1n) is 2.92. The van der Waals surface area contributed by atoms with Crippen LogP contribution in [0.2, 0.25) is 0 Å². The fraction of sp³-hybridized carbons (Fsp3) is 0.800. The van der Waals surface area contributed by atoms with Gasteiger partial charge in [-0.1, -0.05) is 0 Å². The van der Waals surface area contributed by atoms with Gasteiger partial charge in [0.2, 0.25) is 0 Å². The number of hydrogen-bond acceptors (Lipinski definition) is 2. The van der Waals surface area contributed by atoms with Crippen molar-refractivity contribution in [3.63, 3.8) is 0 Å². The Balaban J connectivity index is 2.66. The van der Waals surface area contributed by atoms with Gasteiger partial charge in [0, 0.05) is 14.1 Å². The zero-order chi connectivity index (χ0) is 7.72. The first-order chi connectivity index (χ1) is 4.61. The van der Waals surface area contributed by atoms with Crippen LogP contribution >= 0.6 is 0 Å². The van der Waals surface area contributed by atoms with Crippen LogP contribution in [0.25, 0.3) is 0 Å². The molecule has 0 aromatic heterocycles. The lowest BCUT2D eigenvalue weighted by atomic mass is 10.7. The van der Waals surface area contributed by atoms with Crippen molar-refractivity contribution in [2.75, 3.05) is 25.8 Å². The summed E-state index contributed by atoms with van der Waals surface area (Å²) in [6.45, 7) is 0. The summed E-state index contributed by atoms with van der Waals surface area (Å²) in [5, 5.41) is 0. The van der Waals surface area contributed by atoms with Crippen molar-refractivity contribution in [1.82, 2.24) is 9.80 Å². The van der Waals surface area contributed by atoms with Crippen molar-refractivity contribution in [2.45, 2.75) is 0 Å². The van der Waals surface area contributed by atoms with Crippen molar-refractivity contribution in [3.05, 3.63) is 0 Å². The number of nitrogens with zero attached hydrogens (tertiary/aromatic N) is 2. The lowest BCUT2D eigenvalue weighted by Crippen LogP contribution is -2.47. The summed E-state index contributed by atoms with van der Waals surface area (Å²) in [6.07, 6.45) is 0. The maximum atomic E-state index is 11.0. The molecule has 0 unspecified atom stereocenters. The van der Waals surface area contributed by atoms with E-state index in [0.717, 1.165) is 0 Å². The predicted octanol–water partition coefficient (Wildman–Crippen LogP) is -0.353. The van der Waals surface area contributed by atoms with E-state index in [9.17, 15) is 9.00 Å². The first kappa shape index (κ1) is 7.53. The van der Waals surface area contributed by atoms with Gasteiger partial charge >= 0.3 is 6.03 Å². The summed E-state index contributed by atoms with van der Waals surface area (Å²) in [5.74, 6) is 0.729. The van der Waals surface area contributed by atoms with Crippen molar-refractivity contribution in [2.24, 2.45) is 0 Å². The molecule has 4 nitrogen and oxygen atoms in total. The van der Waals surface area contributed by atoms with Crippen LogP contribution in [0.5, 0.6) is 0 Å². The molecule has 1 aliphatic heterocycles. The van der Waals surface area contributed by atoms with E-state index in [1.165, 1.54) is 9.80 Å². The van der Waals surface area contributed by atoms with Crippen LogP contribution in [-0.4, -0.2) is 45.9 Å². The van der Waals surface area contributed by atoms with Gasteiger partial charge < -0.3 is 9.80 Å².